The van der Waals surface area contributed by atoms with Gasteiger partial charge >= 0.3 is 6.18 Å². The first-order chi connectivity index (χ1) is 17.3. The lowest BCUT2D eigenvalue weighted by Gasteiger charge is -2.43. The lowest BCUT2D eigenvalue weighted by molar-refractivity contribution is -0.258. The molecule has 1 unspecified atom stereocenters. The Morgan fingerprint density at radius 2 is 1.70 bits per heavy atom. The van der Waals surface area contributed by atoms with E-state index in [0.717, 1.165) is 5.56 Å². The molecule has 0 radical (unpaired) electrons. The molecule has 1 N–H and O–H groups in total. The number of allylic oxidation sites excluding steroid dienone is 4. The van der Waals surface area contributed by atoms with Crippen LogP contribution in [0.4, 0.5) is 23.2 Å². The summed E-state index contributed by atoms with van der Waals surface area (Å²) in [5.41, 5.74) is -1.94. The van der Waals surface area contributed by atoms with Crippen LogP contribution in [-0.4, -0.2) is 54.5 Å². The maximum atomic E-state index is 13.5. The van der Waals surface area contributed by atoms with Crippen LogP contribution in [0.2, 0.25) is 0 Å². The third-order valence-corrected chi connectivity index (χ3v) is 9.19. The van der Waals surface area contributed by atoms with Gasteiger partial charge in [-0.25, -0.2) is 12.8 Å². The Bertz CT molecular complexity index is 1320. The van der Waals surface area contributed by atoms with Crippen molar-refractivity contribution in [1.29, 1.82) is 0 Å². The van der Waals surface area contributed by atoms with Gasteiger partial charge in [-0.2, -0.15) is 17.5 Å². The Morgan fingerprint density at radius 1 is 1.05 bits per heavy atom. The van der Waals surface area contributed by atoms with Crippen LogP contribution < -0.4 is 4.90 Å². The lowest BCUT2D eigenvalue weighted by atomic mass is 9.94. The van der Waals surface area contributed by atoms with Crippen LogP contribution in [0.3, 0.4) is 0 Å². The molecule has 2 atom stereocenters. The van der Waals surface area contributed by atoms with Crippen molar-refractivity contribution in [2.45, 2.75) is 37.6 Å². The van der Waals surface area contributed by atoms with Gasteiger partial charge in [0.25, 0.3) is 0 Å². The molecule has 5 nitrogen and oxygen atoms in total. The normalized spacial score (nSPS) is 21.0. The molecule has 37 heavy (non-hydrogen) atoms. The zero-order valence-electron chi connectivity index (χ0n) is 20.0. The number of benzene rings is 2. The van der Waals surface area contributed by atoms with E-state index in [4.69, 9.17) is 12.2 Å². The summed E-state index contributed by atoms with van der Waals surface area (Å²) in [6.45, 7) is 1.22. The molecule has 4 rings (SSSR count). The van der Waals surface area contributed by atoms with Gasteiger partial charge in [0.15, 0.2) is 5.60 Å². The van der Waals surface area contributed by atoms with E-state index in [1.807, 2.05) is 4.90 Å². The average Bonchev–Trinajstić information content (AvgIpc) is 2.85. The van der Waals surface area contributed by atoms with Gasteiger partial charge in [-0.05, 0) is 54.8 Å². The fourth-order valence-electron chi connectivity index (χ4n) is 4.49. The largest absolute Gasteiger partial charge is 0.421 e. The highest BCUT2D eigenvalue weighted by atomic mass is 32.2. The van der Waals surface area contributed by atoms with E-state index in [2.05, 4.69) is 0 Å². The first-order valence-corrected chi connectivity index (χ1v) is 13.5. The molecular weight excluding hydrogens is 528 g/mol. The van der Waals surface area contributed by atoms with Crippen molar-refractivity contribution in [3.05, 3.63) is 88.6 Å². The molecule has 2 aromatic rings. The molecule has 0 bridgehead atoms. The van der Waals surface area contributed by atoms with E-state index in [9.17, 15) is 31.1 Å². The molecule has 2 aromatic carbocycles. The number of halogens is 4. The minimum Gasteiger partial charge on any atom is -0.376 e. The van der Waals surface area contributed by atoms with Gasteiger partial charge in [0.1, 0.15) is 5.82 Å². The second-order valence-electron chi connectivity index (χ2n) is 9.24. The predicted molar refractivity (Wildman–Crippen MR) is 138 cm³/mol. The number of thiocarbonyl (C=S) groups is 1. The second-order valence-corrected chi connectivity index (χ2v) is 11.6. The van der Waals surface area contributed by atoms with E-state index in [1.54, 1.807) is 24.3 Å². The summed E-state index contributed by atoms with van der Waals surface area (Å²) in [6.07, 6.45) is 0.838. The number of hydrogen-bond donors (Lipinski definition) is 1. The highest BCUT2D eigenvalue weighted by Gasteiger charge is 2.51. The molecule has 1 aliphatic heterocycles. The van der Waals surface area contributed by atoms with Crippen LogP contribution in [0.25, 0.3) is 0 Å². The molecule has 0 saturated carbocycles. The molecule has 2 aliphatic rings. The van der Waals surface area contributed by atoms with Crippen molar-refractivity contribution in [2.24, 2.45) is 0 Å². The maximum Gasteiger partial charge on any atom is 0.421 e. The Morgan fingerprint density at radius 3 is 2.30 bits per heavy atom. The van der Waals surface area contributed by atoms with Gasteiger partial charge in [0.05, 0.1) is 4.91 Å². The Hall–Kier alpha value is -2.60. The number of nitrogens with zero attached hydrogens (tertiary/aromatic N) is 2. The fraction of sp³-hybridized carbons (Fsp3) is 0.346. The number of piperazine rings is 1. The SMILES string of the molecule is CC(O)(c1ccc(N2CCN(S(=O)(=O)C3=CC=CCC3=S)C[C@H]2Cc2ccc(F)cc2)cc1)C(F)(F)F. The Kier molecular flexibility index (Phi) is 7.62. The molecule has 0 amide bonds. The quantitative estimate of drug-likeness (QED) is 0.408. The van der Waals surface area contributed by atoms with E-state index in [0.29, 0.717) is 30.3 Å². The van der Waals surface area contributed by atoms with Crippen molar-refractivity contribution in [2.75, 3.05) is 24.5 Å². The smallest absolute Gasteiger partial charge is 0.376 e. The summed E-state index contributed by atoms with van der Waals surface area (Å²) in [5.74, 6) is -0.397. The topological polar surface area (TPSA) is 60.9 Å². The van der Waals surface area contributed by atoms with Gasteiger partial charge in [-0.15, -0.1) is 0 Å². The van der Waals surface area contributed by atoms with Gasteiger partial charge < -0.3 is 10.0 Å². The highest BCUT2D eigenvalue weighted by Crippen LogP contribution is 2.39. The highest BCUT2D eigenvalue weighted by molar-refractivity contribution is 7.96. The van der Waals surface area contributed by atoms with Crippen LogP contribution in [0.5, 0.6) is 0 Å². The minimum atomic E-state index is -4.84. The van der Waals surface area contributed by atoms with Gasteiger partial charge in [0.2, 0.25) is 10.0 Å². The molecule has 0 spiro atoms. The summed E-state index contributed by atoms with van der Waals surface area (Å²) in [5, 5.41) is 10.00. The van der Waals surface area contributed by atoms with Gasteiger partial charge in [-0.1, -0.05) is 48.6 Å². The van der Waals surface area contributed by atoms with Crippen LogP contribution in [0.1, 0.15) is 24.5 Å². The Labute approximate surface area is 218 Å². The van der Waals surface area contributed by atoms with E-state index < -0.39 is 33.7 Å². The third-order valence-electron chi connectivity index (χ3n) is 6.72. The Balaban J connectivity index is 1.64. The first kappa shape index (κ1) is 27.4. The average molecular weight is 555 g/mol. The molecule has 0 aromatic heterocycles. The molecule has 11 heteroatoms. The zero-order valence-corrected chi connectivity index (χ0v) is 21.6. The zero-order chi connectivity index (χ0) is 27.0. The summed E-state index contributed by atoms with van der Waals surface area (Å²) >= 11 is 5.29. The molecular formula is C26H26F4N2O3S2. The van der Waals surface area contributed by atoms with E-state index >= 15 is 0 Å². The van der Waals surface area contributed by atoms with Crippen molar-refractivity contribution in [1.82, 2.24) is 4.31 Å². The lowest BCUT2D eigenvalue weighted by Crippen LogP contribution is -2.56. The predicted octanol–water partition coefficient (Wildman–Crippen LogP) is 4.87. The number of alkyl halides is 3. The van der Waals surface area contributed by atoms with Crippen molar-refractivity contribution in [3.8, 4) is 0 Å². The summed E-state index contributed by atoms with van der Waals surface area (Å²) < 4.78 is 81.5. The summed E-state index contributed by atoms with van der Waals surface area (Å²) in [4.78, 5) is 2.36. The number of aliphatic hydroxyl groups is 1. The maximum absolute atomic E-state index is 13.5. The second kappa shape index (κ2) is 10.3. The van der Waals surface area contributed by atoms with Crippen LogP contribution in [0.15, 0.2) is 71.7 Å². The van der Waals surface area contributed by atoms with Crippen LogP contribution >= 0.6 is 12.2 Å². The standard InChI is InChI=1S/C26H26F4N2O3S2/c1-25(33,26(28,29)30)19-8-12-21(13-9-19)32-15-14-31(37(34,35)24-5-3-2-4-23(24)36)17-22(32)16-18-6-10-20(27)11-7-18/h2-3,5-13,22,33H,4,14-17H2,1H3/t22-,25?/m1/s1. The van der Waals surface area contributed by atoms with E-state index in [1.165, 1.54) is 46.8 Å². The van der Waals surface area contributed by atoms with Crippen molar-refractivity contribution < 1.29 is 31.1 Å². The molecule has 1 fully saturated rings. The summed E-state index contributed by atoms with van der Waals surface area (Å²) in [7, 11) is -3.86. The van der Waals surface area contributed by atoms with Gasteiger partial charge in [0, 0.05) is 42.6 Å². The number of anilines is 1. The molecule has 1 heterocycles. The van der Waals surface area contributed by atoms with Crippen LogP contribution in [-0.2, 0) is 22.0 Å². The van der Waals surface area contributed by atoms with Crippen molar-refractivity contribution in [3.63, 3.8) is 0 Å². The monoisotopic (exact) mass is 554 g/mol. The van der Waals surface area contributed by atoms with Crippen LogP contribution in [0, 0.1) is 5.82 Å². The van der Waals surface area contributed by atoms with Crippen molar-refractivity contribution >= 4 is 32.8 Å². The number of hydrogen-bond acceptors (Lipinski definition) is 5. The van der Waals surface area contributed by atoms with E-state index in [-0.39, 0.29) is 30.1 Å². The third kappa shape index (κ3) is 5.64. The molecule has 1 aliphatic carbocycles. The molecule has 198 valence electrons. The minimum absolute atomic E-state index is 0.0951. The number of rotatable bonds is 6. The van der Waals surface area contributed by atoms with Gasteiger partial charge in [-0.3, -0.25) is 0 Å². The first-order valence-electron chi connectivity index (χ1n) is 11.6. The fourth-order valence-corrected chi connectivity index (χ4v) is 6.56. The summed E-state index contributed by atoms with van der Waals surface area (Å²) in [6, 6.07) is 10.9. The molecule has 1 saturated heterocycles. The number of sulfonamides is 1.